The molecule has 0 aliphatic rings. The van der Waals surface area contributed by atoms with E-state index in [4.69, 9.17) is 33.2 Å². The Morgan fingerprint density at radius 1 is 1.57 bits per heavy atom. The van der Waals surface area contributed by atoms with Crippen LogP contribution in [-0.4, -0.2) is 6.10 Å². The van der Waals surface area contributed by atoms with Gasteiger partial charge in [-0.2, -0.15) is 5.26 Å². The second-order valence-corrected chi connectivity index (χ2v) is 3.41. The van der Waals surface area contributed by atoms with Gasteiger partial charge in [0.25, 0.3) is 0 Å². The van der Waals surface area contributed by atoms with Gasteiger partial charge in [0.05, 0.1) is 5.88 Å². The average Bonchev–Trinajstić information content (AvgIpc) is 2.18. The minimum absolute atomic E-state index is 0.271. The summed E-state index contributed by atoms with van der Waals surface area (Å²) in [6.45, 7) is 1.67. The number of rotatable bonds is 3. The summed E-state index contributed by atoms with van der Waals surface area (Å²) in [6, 6.07) is 7.22. The van der Waals surface area contributed by atoms with Crippen LogP contribution in [0.1, 0.15) is 12.5 Å². The van der Waals surface area contributed by atoms with Gasteiger partial charge < -0.3 is 4.74 Å². The molecule has 0 aliphatic carbocycles. The third-order valence-corrected chi connectivity index (χ3v) is 2.32. The smallest absolute Gasteiger partial charge is 0.181 e. The molecule has 14 heavy (non-hydrogen) atoms. The Labute approximate surface area is 93.0 Å². The van der Waals surface area contributed by atoms with Crippen LogP contribution >= 0.6 is 23.2 Å². The van der Waals surface area contributed by atoms with Gasteiger partial charge in [-0.3, -0.25) is 0 Å². The Morgan fingerprint density at radius 2 is 2.29 bits per heavy atom. The molecule has 1 aromatic carbocycles. The number of benzene rings is 1. The summed E-state index contributed by atoms with van der Waals surface area (Å²) < 4.78 is 5.34. The summed E-state index contributed by atoms with van der Waals surface area (Å²) in [6.07, 6.45) is -0.504. The van der Waals surface area contributed by atoms with E-state index in [0.29, 0.717) is 10.8 Å². The molecular formula is C10H9Cl2NO. The molecule has 2 nitrogen and oxygen atoms in total. The highest BCUT2D eigenvalue weighted by molar-refractivity contribution is 6.32. The quantitative estimate of drug-likeness (QED) is 0.745. The summed E-state index contributed by atoms with van der Waals surface area (Å²) in [4.78, 5) is 0. The highest BCUT2D eigenvalue weighted by atomic mass is 35.5. The number of alkyl halides is 1. The van der Waals surface area contributed by atoms with Crippen molar-refractivity contribution in [3.8, 4) is 11.8 Å². The van der Waals surface area contributed by atoms with E-state index >= 15 is 0 Å². The first kappa shape index (κ1) is 11.2. The first-order valence-corrected chi connectivity index (χ1v) is 5.00. The van der Waals surface area contributed by atoms with Gasteiger partial charge in [0.2, 0.25) is 0 Å². The van der Waals surface area contributed by atoms with E-state index in [1.807, 2.05) is 6.07 Å². The number of hydrogen-bond acceptors (Lipinski definition) is 2. The minimum Gasteiger partial charge on any atom is -0.475 e. The van der Waals surface area contributed by atoms with Crippen molar-refractivity contribution in [2.75, 3.05) is 0 Å². The Hall–Kier alpha value is -0.910. The highest BCUT2D eigenvalue weighted by Gasteiger charge is 2.09. The topological polar surface area (TPSA) is 33.0 Å². The second-order valence-electron chi connectivity index (χ2n) is 2.74. The van der Waals surface area contributed by atoms with E-state index in [0.717, 1.165) is 5.56 Å². The lowest BCUT2D eigenvalue weighted by Gasteiger charge is -2.11. The van der Waals surface area contributed by atoms with Crippen LogP contribution in [0, 0.1) is 11.3 Å². The van der Waals surface area contributed by atoms with Crippen molar-refractivity contribution in [3.63, 3.8) is 0 Å². The van der Waals surface area contributed by atoms with Crippen molar-refractivity contribution in [3.05, 3.63) is 28.8 Å². The summed E-state index contributed by atoms with van der Waals surface area (Å²) in [5.74, 6) is 0.842. The second kappa shape index (κ2) is 5.09. The van der Waals surface area contributed by atoms with Crippen LogP contribution in [0.3, 0.4) is 0 Å². The fourth-order valence-electron chi connectivity index (χ4n) is 0.996. The van der Waals surface area contributed by atoms with Gasteiger partial charge >= 0.3 is 0 Å². The summed E-state index contributed by atoms with van der Waals surface area (Å²) in [7, 11) is 0. The molecule has 0 N–H and O–H groups in total. The molecule has 0 saturated heterocycles. The van der Waals surface area contributed by atoms with Crippen molar-refractivity contribution in [1.29, 1.82) is 5.26 Å². The fraction of sp³-hybridized carbons (Fsp3) is 0.300. The number of nitrogens with zero attached hydrogens (tertiary/aromatic N) is 1. The molecule has 0 amide bonds. The first-order valence-electron chi connectivity index (χ1n) is 4.08. The molecule has 0 radical (unpaired) electrons. The predicted octanol–water partition coefficient (Wildman–Crippen LogP) is 3.37. The van der Waals surface area contributed by atoms with E-state index < -0.39 is 6.10 Å². The molecule has 0 fully saturated rings. The number of nitriles is 1. The largest absolute Gasteiger partial charge is 0.475 e. The molecule has 1 unspecified atom stereocenters. The predicted molar refractivity (Wildman–Crippen MR) is 56.7 cm³/mol. The molecule has 74 valence electrons. The molecule has 0 aromatic heterocycles. The van der Waals surface area contributed by atoms with E-state index in [9.17, 15) is 0 Å². The maximum atomic E-state index is 8.59. The monoisotopic (exact) mass is 229 g/mol. The number of hydrogen-bond donors (Lipinski definition) is 0. The van der Waals surface area contributed by atoms with E-state index in [2.05, 4.69) is 0 Å². The maximum Gasteiger partial charge on any atom is 0.181 e. The fourth-order valence-corrected chi connectivity index (χ4v) is 1.57. The van der Waals surface area contributed by atoms with E-state index in [1.54, 1.807) is 25.1 Å². The molecule has 0 heterocycles. The summed E-state index contributed by atoms with van der Waals surface area (Å²) in [5.41, 5.74) is 0.720. The van der Waals surface area contributed by atoms with Crippen molar-refractivity contribution < 1.29 is 4.74 Å². The van der Waals surface area contributed by atoms with Crippen LogP contribution in [0.15, 0.2) is 18.2 Å². The van der Waals surface area contributed by atoms with E-state index in [1.165, 1.54) is 0 Å². The zero-order valence-electron chi connectivity index (χ0n) is 7.63. The van der Waals surface area contributed by atoms with Gasteiger partial charge in [-0.1, -0.05) is 17.7 Å². The van der Waals surface area contributed by atoms with Gasteiger partial charge in [-0.05, 0) is 19.1 Å². The third kappa shape index (κ3) is 2.54. The standard InChI is InChI=1S/C10H9Cl2NO/c1-7(6-13)14-10-4-2-3-9(12)8(10)5-11/h2-4,7H,5H2,1H3. The van der Waals surface area contributed by atoms with Gasteiger partial charge in [0.1, 0.15) is 11.8 Å². The molecule has 0 aliphatic heterocycles. The van der Waals surface area contributed by atoms with E-state index in [-0.39, 0.29) is 5.88 Å². The van der Waals surface area contributed by atoms with Crippen molar-refractivity contribution in [2.45, 2.75) is 18.9 Å². The molecular weight excluding hydrogens is 221 g/mol. The lowest BCUT2D eigenvalue weighted by atomic mass is 10.2. The normalized spacial score (nSPS) is 11.9. The highest BCUT2D eigenvalue weighted by Crippen LogP contribution is 2.28. The summed E-state index contributed by atoms with van der Waals surface area (Å²) in [5, 5.41) is 9.15. The van der Waals surface area contributed by atoms with Crippen LogP contribution in [0.5, 0.6) is 5.75 Å². The van der Waals surface area contributed by atoms with Crippen molar-refractivity contribution in [1.82, 2.24) is 0 Å². The zero-order valence-corrected chi connectivity index (χ0v) is 9.14. The average molecular weight is 230 g/mol. The van der Waals surface area contributed by atoms with Crippen LogP contribution < -0.4 is 4.74 Å². The Kier molecular flexibility index (Phi) is 4.06. The Morgan fingerprint density at radius 3 is 2.86 bits per heavy atom. The molecule has 0 spiro atoms. The van der Waals surface area contributed by atoms with Gasteiger partial charge in [0.15, 0.2) is 6.10 Å². The molecule has 1 aromatic rings. The SMILES string of the molecule is CC(C#N)Oc1cccc(Cl)c1CCl. The van der Waals surface area contributed by atoms with Gasteiger partial charge in [-0.25, -0.2) is 0 Å². The minimum atomic E-state index is -0.504. The van der Waals surface area contributed by atoms with Gasteiger partial charge in [0, 0.05) is 10.6 Å². The summed E-state index contributed by atoms with van der Waals surface area (Å²) >= 11 is 11.6. The third-order valence-electron chi connectivity index (χ3n) is 1.70. The van der Waals surface area contributed by atoms with Crippen molar-refractivity contribution >= 4 is 23.2 Å². The van der Waals surface area contributed by atoms with Crippen LogP contribution in [0.2, 0.25) is 5.02 Å². The molecule has 1 rings (SSSR count). The molecule has 1 atom stereocenters. The lowest BCUT2D eigenvalue weighted by molar-refractivity contribution is 0.274. The maximum absolute atomic E-state index is 8.59. The van der Waals surface area contributed by atoms with Crippen molar-refractivity contribution in [2.24, 2.45) is 0 Å². The number of halogens is 2. The number of ether oxygens (including phenoxy) is 1. The molecule has 4 heteroatoms. The zero-order chi connectivity index (χ0) is 10.6. The van der Waals surface area contributed by atoms with Gasteiger partial charge in [-0.15, -0.1) is 11.6 Å². The van der Waals surface area contributed by atoms with Crippen LogP contribution in [-0.2, 0) is 5.88 Å². The van der Waals surface area contributed by atoms with Crippen LogP contribution in [0.4, 0.5) is 0 Å². The first-order chi connectivity index (χ1) is 6.69. The Bertz CT molecular complexity index is 360. The van der Waals surface area contributed by atoms with Crippen LogP contribution in [0.25, 0.3) is 0 Å². The lowest BCUT2D eigenvalue weighted by Crippen LogP contribution is -2.09. The molecule has 0 bridgehead atoms. The Balaban J connectivity index is 2.97. The molecule has 0 saturated carbocycles.